The van der Waals surface area contributed by atoms with Gasteiger partial charge in [-0.25, -0.2) is 0 Å². The number of hydrogen-bond acceptors (Lipinski definition) is 3. The van der Waals surface area contributed by atoms with Gasteiger partial charge in [0.15, 0.2) is 0 Å². The Kier molecular flexibility index (Phi) is 7.47. The Labute approximate surface area is 200 Å². The molecule has 0 N–H and O–H groups in total. The molecule has 1 aromatic carbocycles. The number of ether oxygens (including phenoxy) is 1. The minimum atomic E-state index is -4.92. The van der Waals surface area contributed by atoms with Crippen molar-refractivity contribution in [3.8, 4) is 11.8 Å². The summed E-state index contributed by atoms with van der Waals surface area (Å²) in [7, 11) is -1.40. The SMILES string of the molecule is CC(C)CN1c2cc(Cl)ccc2N(COCC[Si](C)(C)C)C(=O)C1(C#CC1CC1)C(F)(F)F. The molecular weight excluding hydrogens is 469 g/mol. The third-order valence-electron chi connectivity index (χ3n) is 5.69. The van der Waals surface area contributed by atoms with Gasteiger partial charge in [-0.3, -0.25) is 9.69 Å². The zero-order chi connectivity index (χ0) is 24.6. The smallest absolute Gasteiger partial charge is 0.361 e. The molecule has 2 aliphatic rings. The standard InChI is InChI=1S/C24H32ClF3N2O2Si/c1-17(2)15-30-21-14-19(25)8-9-20(21)29(16-32-12-13-33(3,4)5)22(31)23(30,24(26,27)28)11-10-18-6-7-18/h8-9,14,17-18H,6-7,12-13,15-16H2,1-5H3. The molecule has 0 aromatic heterocycles. The molecule has 182 valence electrons. The average Bonchev–Trinajstić information content (AvgIpc) is 3.49. The number of halogens is 4. The van der Waals surface area contributed by atoms with Crippen molar-refractivity contribution in [2.75, 3.05) is 29.7 Å². The number of anilines is 2. The molecule has 1 aliphatic carbocycles. The third-order valence-corrected chi connectivity index (χ3v) is 7.63. The van der Waals surface area contributed by atoms with Gasteiger partial charge in [0.05, 0.1) is 11.4 Å². The fraction of sp³-hybridized carbons (Fsp3) is 0.625. The van der Waals surface area contributed by atoms with Crippen LogP contribution in [0.2, 0.25) is 30.7 Å². The quantitative estimate of drug-likeness (QED) is 0.255. The molecule has 33 heavy (non-hydrogen) atoms. The van der Waals surface area contributed by atoms with Gasteiger partial charge in [-0.2, -0.15) is 13.2 Å². The van der Waals surface area contributed by atoms with E-state index in [0.717, 1.165) is 28.7 Å². The maximum Gasteiger partial charge on any atom is 0.432 e. The molecule has 9 heteroatoms. The van der Waals surface area contributed by atoms with Crippen LogP contribution in [0, 0.1) is 23.7 Å². The lowest BCUT2D eigenvalue weighted by molar-refractivity contribution is -0.179. The number of carbonyl (C=O) groups excluding carboxylic acids is 1. The highest BCUT2D eigenvalue weighted by Crippen LogP contribution is 2.48. The Bertz CT molecular complexity index is 948. The Morgan fingerprint density at radius 1 is 1.24 bits per heavy atom. The lowest BCUT2D eigenvalue weighted by Crippen LogP contribution is -2.70. The van der Waals surface area contributed by atoms with E-state index in [1.807, 2.05) is 13.8 Å². The minimum absolute atomic E-state index is 0.00224. The summed E-state index contributed by atoms with van der Waals surface area (Å²) in [6.07, 6.45) is -3.41. The van der Waals surface area contributed by atoms with Crippen LogP contribution in [0.3, 0.4) is 0 Å². The second kappa shape index (κ2) is 9.51. The molecule has 1 fully saturated rings. The molecule has 1 aromatic rings. The summed E-state index contributed by atoms with van der Waals surface area (Å²) in [6.45, 7) is 10.3. The first-order valence-electron chi connectivity index (χ1n) is 11.3. The molecule has 1 saturated carbocycles. The van der Waals surface area contributed by atoms with Crippen molar-refractivity contribution in [2.24, 2.45) is 11.8 Å². The monoisotopic (exact) mass is 500 g/mol. The highest BCUT2D eigenvalue weighted by Gasteiger charge is 2.67. The number of rotatable bonds is 7. The van der Waals surface area contributed by atoms with Crippen molar-refractivity contribution in [3.63, 3.8) is 0 Å². The molecule has 0 saturated heterocycles. The largest absolute Gasteiger partial charge is 0.432 e. The molecule has 1 heterocycles. The molecule has 1 unspecified atom stereocenters. The van der Waals surface area contributed by atoms with Crippen LogP contribution in [0.25, 0.3) is 0 Å². The predicted molar refractivity (Wildman–Crippen MR) is 129 cm³/mol. The number of amides is 1. The van der Waals surface area contributed by atoms with Gasteiger partial charge in [0.25, 0.3) is 11.4 Å². The Morgan fingerprint density at radius 2 is 1.91 bits per heavy atom. The average molecular weight is 501 g/mol. The van der Waals surface area contributed by atoms with E-state index >= 15 is 0 Å². The molecule has 0 radical (unpaired) electrons. The van der Waals surface area contributed by atoms with Crippen molar-refractivity contribution in [1.29, 1.82) is 0 Å². The van der Waals surface area contributed by atoms with Crippen LogP contribution in [-0.4, -0.2) is 45.6 Å². The van der Waals surface area contributed by atoms with Crippen molar-refractivity contribution < 1.29 is 22.7 Å². The second-order valence-corrected chi connectivity index (χ2v) is 16.5. The van der Waals surface area contributed by atoms with E-state index < -0.39 is 25.7 Å². The second-order valence-electron chi connectivity index (χ2n) is 10.5. The van der Waals surface area contributed by atoms with Crippen LogP contribution >= 0.6 is 11.6 Å². The van der Waals surface area contributed by atoms with Crippen molar-refractivity contribution in [1.82, 2.24) is 0 Å². The first-order chi connectivity index (χ1) is 15.3. The molecular formula is C24H32ClF3N2O2Si. The maximum absolute atomic E-state index is 14.9. The summed E-state index contributed by atoms with van der Waals surface area (Å²) >= 11 is 6.21. The van der Waals surface area contributed by atoms with Gasteiger partial charge in [-0.15, -0.1) is 0 Å². The Morgan fingerprint density at radius 3 is 2.45 bits per heavy atom. The lowest BCUT2D eigenvalue weighted by Gasteiger charge is -2.49. The van der Waals surface area contributed by atoms with E-state index in [9.17, 15) is 18.0 Å². The number of benzene rings is 1. The number of carbonyl (C=O) groups is 1. The van der Waals surface area contributed by atoms with Crippen LogP contribution in [0.1, 0.15) is 26.7 Å². The van der Waals surface area contributed by atoms with Crippen molar-refractivity contribution in [2.45, 2.75) is 64.1 Å². The fourth-order valence-corrected chi connectivity index (χ4v) is 4.63. The minimum Gasteiger partial charge on any atom is -0.361 e. The molecule has 3 rings (SSSR count). The summed E-state index contributed by atoms with van der Waals surface area (Å²) < 4.78 is 50.4. The van der Waals surface area contributed by atoms with Gasteiger partial charge in [0.1, 0.15) is 6.73 Å². The van der Waals surface area contributed by atoms with Gasteiger partial charge in [0.2, 0.25) is 0 Å². The van der Waals surface area contributed by atoms with Crippen molar-refractivity contribution >= 4 is 37.0 Å². The van der Waals surface area contributed by atoms with Gasteiger partial charge < -0.3 is 9.64 Å². The molecule has 1 amide bonds. The lowest BCUT2D eigenvalue weighted by atomic mass is 9.88. The Hall–Kier alpha value is -1.69. The first kappa shape index (κ1) is 25.9. The van der Waals surface area contributed by atoms with Gasteiger partial charge in [-0.05, 0) is 43.0 Å². The summed E-state index contributed by atoms with van der Waals surface area (Å²) in [4.78, 5) is 15.9. The highest BCUT2D eigenvalue weighted by molar-refractivity contribution is 6.76. The maximum atomic E-state index is 14.9. The number of alkyl halides is 3. The van der Waals surface area contributed by atoms with E-state index in [1.165, 1.54) is 6.07 Å². The summed E-state index contributed by atoms with van der Waals surface area (Å²) in [6, 6.07) is 5.49. The highest BCUT2D eigenvalue weighted by atomic mass is 35.5. The van der Waals surface area contributed by atoms with E-state index in [0.29, 0.717) is 17.3 Å². The number of fused-ring (bicyclic) bond motifs is 1. The zero-order valence-corrected chi connectivity index (χ0v) is 21.6. The first-order valence-corrected chi connectivity index (χ1v) is 15.4. The van der Waals surface area contributed by atoms with Crippen LogP contribution in [-0.2, 0) is 9.53 Å². The number of hydrogen-bond donors (Lipinski definition) is 0. The number of nitrogens with zero attached hydrogens (tertiary/aromatic N) is 2. The summed E-state index contributed by atoms with van der Waals surface area (Å²) in [5, 5.41) is 0.294. The molecule has 0 bridgehead atoms. The third kappa shape index (κ3) is 5.69. The van der Waals surface area contributed by atoms with Crippen molar-refractivity contribution in [3.05, 3.63) is 23.2 Å². The normalized spacial score (nSPS) is 21.2. The van der Waals surface area contributed by atoms with Gasteiger partial charge in [0, 0.05) is 32.2 Å². The zero-order valence-electron chi connectivity index (χ0n) is 19.9. The predicted octanol–water partition coefficient (Wildman–Crippen LogP) is 6.18. The van der Waals surface area contributed by atoms with E-state index in [-0.39, 0.29) is 30.8 Å². The molecule has 1 aliphatic heterocycles. The summed E-state index contributed by atoms with van der Waals surface area (Å²) in [5.74, 6) is 3.79. The van der Waals surface area contributed by atoms with Crippen LogP contribution in [0.4, 0.5) is 24.5 Å². The molecule has 4 nitrogen and oxygen atoms in total. The van der Waals surface area contributed by atoms with Crippen LogP contribution < -0.4 is 9.80 Å². The van der Waals surface area contributed by atoms with Gasteiger partial charge in [-0.1, -0.05) is 56.9 Å². The fourth-order valence-electron chi connectivity index (χ4n) is 3.70. The summed E-state index contributed by atoms with van der Waals surface area (Å²) in [5.41, 5.74) is -2.39. The van der Waals surface area contributed by atoms with E-state index in [1.54, 1.807) is 12.1 Å². The molecule has 1 atom stereocenters. The molecule has 0 spiro atoms. The Balaban J connectivity index is 2.12. The van der Waals surface area contributed by atoms with Gasteiger partial charge >= 0.3 is 6.18 Å². The van der Waals surface area contributed by atoms with Crippen LogP contribution in [0.5, 0.6) is 0 Å². The van der Waals surface area contributed by atoms with E-state index in [4.69, 9.17) is 16.3 Å². The van der Waals surface area contributed by atoms with E-state index in [2.05, 4.69) is 31.5 Å². The topological polar surface area (TPSA) is 32.8 Å². The van der Waals surface area contributed by atoms with Crippen LogP contribution in [0.15, 0.2) is 18.2 Å².